The Morgan fingerprint density at radius 3 is 2.74 bits per heavy atom. The molecule has 0 unspecified atom stereocenters. The van der Waals surface area contributed by atoms with Crippen LogP contribution in [-0.2, 0) is 7.05 Å². The number of piperidine rings is 1. The lowest BCUT2D eigenvalue weighted by Crippen LogP contribution is -2.39. The number of carbonyl (C=O) groups excluding carboxylic acids is 1. The van der Waals surface area contributed by atoms with Gasteiger partial charge < -0.3 is 9.64 Å². The fraction of sp³-hybridized carbons (Fsp3) is 0.368. The van der Waals surface area contributed by atoms with Crippen molar-refractivity contribution < 1.29 is 9.53 Å². The van der Waals surface area contributed by atoms with Crippen molar-refractivity contribution in [1.29, 1.82) is 0 Å². The minimum absolute atomic E-state index is 0.0104. The molecular weight excluding hydrogens is 344 g/mol. The summed E-state index contributed by atoms with van der Waals surface area (Å²) >= 11 is 0. The van der Waals surface area contributed by atoms with Crippen molar-refractivity contribution in [2.45, 2.75) is 18.9 Å². The van der Waals surface area contributed by atoms with Crippen molar-refractivity contribution >= 4 is 5.91 Å². The van der Waals surface area contributed by atoms with Gasteiger partial charge >= 0.3 is 0 Å². The Labute approximate surface area is 157 Å². The molecule has 0 radical (unpaired) electrons. The molecular formula is C19H22N6O2. The van der Waals surface area contributed by atoms with E-state index in [0.29, 0.717) is 24.8 Å². The third-order valence-corrected chi connectivity index (χ3v) is 5.03. The predicted molar refractivity (Wildman–Crippen MR) is 99.4 cm³/mol. The summed E-state index contributed by atoms with van der Waals surface area (Å²) < 4.78 is 8.81. The Kier molecular flexibility index (Phi) is 4.62. The molecule has 2 aromatic heterocycles. The zero-order valence-electron chi connectivity index (χ0n) is 15.4. The van der Waals surface area contributed by atoms with E-state index >= 15 is 0 Å². The fourth-order valence-corrected chi connectivity index (χ4v) is 3.50. The molecule has 1 aromatic carbocycles. The van der Waals surface area contributed by atoms with E-state index in [4.69, 9.17) is 4.74 Å². The number of likely N-dealkylation sites (tertiary alicyclic amines) is 1. The normalized spacial score (nSPS) is 15.1. The van der Waals surface area contributed by atoms with Crippen molar-refractivity contribution in [2.75, 3.05) is 20.2 Å². The van der Waals surface area contributed by atoms with Gasteiger partial charge in [0.05, 0.1) is 25.0 Å². The van der Waals surface area contributed by atoms with Crippen molar-refractivity contribution in [3.05, 3.63) is 48.4 Å². The summed E-state index contributed by atoms with van der Waals surface area (Å²) in [7, 11) is 3.44. The van der Waals surface area contributed by atoms with Crippen LogP contribution in [0.25, 0.3) is 11.3 Å². The number of hydrogen-bond donors (Lipinski definition) is 0. The van der Waals surface area contributed by atoms with Crippen LogP contribution in [0.1, 0.15) is 29.4 Å². The minimum atomic E-state index is 0.0104. The maximum atomic E-state index is 13.0. The standard InChI is InChI=1S/C19H22N6O2/c1-23-18(13-17(21-23)14-4-3-5-16(12-14)27-2)19(26)24-9-6-15(7-10-24)25-11-8-20-22-25/h3-5,8,11-13,15H,6-7,9-10H2,1-2H3. The monoisotopic (exact) mass is 366 g/mol. The summed E-state index contributed by atoms with van der Waals surface area (Å²) in [4.78, 5) is 14.9. The molecule has 8 heteroatoms. The smallest absolute Gasteiger partial charge is 0.272 e. The number of rotatable bonds is 4. The first-order valence-corrected chi connectivity index (χ1v) is 8.99. The molecule has 0 spiro atoms. The van der Waals surface area contributed by atoms with Gasteiger partial charge in [0.15, 0.2) is 0 Å². The van der Waals surface area contributed by atoms with E-state index in [1.807, 2.05) is 46.1 Å². The molecule has 1 aliphatic heterocycles. The van der Waals surface area contributed by atoms with Gasteiger partial charge in [-0.3, -0.25) is 9.48 Å². The summed E-state index contributed by atoms with van der Waals surface area (Å²) in [5.41, 5.74) is 2.28. The van der Waals surface area contributed by atoms with Gasteiger partial charge in [-0.25, -0.2) is 4.68 Å². The van der Waals surface area contributed by atoms with Crippen molar-refractivity contribution in [3.8, 4) is 17.0 Å². The van der Waals surface area contributed by atoms with E-state index in [1.165, 1.54) is 0 Å². The third-order valence-electron chi connectivity index (χ3n) is 5.03. The SMILES string of the molecule is COc1cccc(-c2cc(C(=O)N3CCC(n4ccnn4)CC3)n(C)n2)c1. The van der Waals surface area contributed by atoms with Gasteiger partial charge in [0, 0.05) is 31.9 Å². The number of amides is 1. The molecule has 0 aliphatic carbocycles. The molecule has 3 heterocycles. The van der Waals surface area contributed by atoms with Crippen LogP contribution >= 0.6 is 0 Å². The summed E-state index contributed by atoms with van der Waals surface area (Å²) in [6.45, 7) is 1.39. The van der Waals surface area contributed by atoms with Crippen LogP contribution in [0, 0.1) is 0 Å². The number of methoxy groups -OCH3 is 1. The molecule has 0 atom stereocenters. The molecule has 140 valence electrons. The van der Waals surface area contributed by atoms with Crippen molar-refractivity contribution in [2.24, 2.45) is 7.05 Å². The summed E-state index contributed by atoms with van der Waals surface area (Å²) in [6.07, 6.45) is 5.31. The first kappa shape index (κ1) is 17.3. The second-order valence-electron chi connectivity index (χ2n) is 6.68. The van der Waals surface area contributed by atoms with E-state index in [-0.39, 0.29) is 5.91 Å². The van der Waals surface area contributed by atoms with Crippen LogP contribution < -0.4 is 4.74 Å². The van der Waals surface area contributed by atoms with Crippen LogP contribution in [0.5, 0.6) is 5.75 Å². The number of nitrogens with zero attached hydrogens (tertiary/aromatic N) is 6. The van der Waals surface area contributed by atoms with Gasteiger partial charge in [-0.1, -0.05) is 17.3 Å². The molecule has 4 rings (SSSR count). The van der Waals surface area contributed by atoms with Gasteiger partial charge in [0.1, 0.15) is 11.4 Å². The molecule has 27 heavy (non-hydrogen) atoms. The van der Waals surface area contributed by atoms with Gasteiger partial charge in [-0.15, -0.1) is 5.10 Å². The number of ether oxygens (including phenoxy) is 1. The number of hydrogen-bond acceptors (Lipinski definition) is 5. The molecule has 0 N–H and O–H groups in total. The van der Waals surface area contributed by atoms with E-state index in [1.54, 1.807) is 25.0 Å². The van der Waals surface area contributed by atoms with Gasteiger partial charge in [-0.05, 0) is 31.0 Å². The number of aromatic nitrogens is 5. The van der Waals surface area contributed by atoms with E-state index in [0.717, 1.165) is 29.8 Å². The molecule has 1 saturated heterocycles. The average Bonchev–Trinajstić information content (AvgIpc) is 3.38. The van der Waals surface area contributed by atoms with Crippen LogP contribution in [0.4, 0.5) is 0 Å². The zero-order chi connectivity index (χ0) is 18.8. The maximum absolute atomic E-state index is 13.0. The Balaban J connectivity index is 1.49. The molecule has 3 aromatic rings. The highest BCUT2D eigenvalue weighted by Crippen LogP contribution is 2.26. The van der Waals surface area contributed by atoms with E-state index < -0.39 is 0 Å². The van der Waals surface area contributed by atoms with E-state index in [2.05, 4.69) is 15.4 Å². The topological polar surface area (TPSA) is 78.1 Å². The molecule has 8 nitrogen and oxygen atoms in total. The van der Waals surface area contributed by atoms with Crippen LogP contribution in [0.3, 0.4) is 0 Å². The average molecular weight is 366 g/mol. The fourth-order valence-electron chi connectivity index (χ4n) is 3.50. The zero-order valence-corrected chi connectivity index (χ0v) is 15.4. The Hall–Kier alpha value is -3.16. The lowest BCUT2D eigenvalue weighted by Gasteiger charge is -2.31. The predicted octanol–water partition coefficient (Wildman–Crippen LogP) is 2.16. The number of aryl methyl sites for hydroxylation is 1. The molecule has 1 amide bonds. The Morgan fingerprint density at radius 1 is 1.22 bits per heavy atom. The highest BCUT2D eigenvalue weighted by molar-refractivity contribution is 5.93. The van der Waals surface area contributed by atoms with Crippen molar-refractivity contribution in [1.82, 2.24) is 29.7 Å². The van der Waals surface area contributed by atoms with Gasteiger partial charge in [-0.2, -0.15) is 5.10 Å². The maximum Gasteiger partial charge on any atom is 0.272 e. The Morgan fingerprint density at radius 2 is 2.04 bits per heavy atom. The van der Waals surface area contributed by atoms with Gasteiger partial charge in [0.25, 0.3) is 5.91 Å². The van der Waals surface area contributed by atoms with Crippen LogP contribution in [0.15, 0.2) is 42.7 Å². The first-order chi connectivity index (χ1) is 13.2. The van der Waals surface area contributed by atoms with Crippen LogP contribution in [-0.4, -0.2) is 55.8 Å². The van der Waals surface area contributed by atoms with Crippen molar-refractivity contribution in [3.63, 3.8) is 0 Å². The third kappa shape index (κ3) is 3.42. The lowest BCUT2D eigenvalue weighted by atomic mass is 10.0. The first-order valence-electron chi connectivity index (χ1n) is 8.99. The number of carbonyl (C=O) groups is 1. The largest absolute Gasteiger partial charge is 0.497 e. The highest BCUT2D eigenvalue weighted by atomic mass is 16.5. The lowest BCUT2D eigenvalue weighted by molar-refractivity contribution is 0.0678. The Bertz CT molecular complexity index is 926. The molecule has 0 bridgehead atoms. The minimum Gasteiger partial charge on any atom is -0.497 e. The van der Waals surface area contributed by atoms with E-state index in [9.17, 15) is 4.79 Å². The summed E-state index contributed by atoms with van der Waals surface area (Å²) in [5, 5.41) is 12.5. The molecule has 0 saturated carbocycles. The highest BCUT2D eigenvalue weighted by Gasteiger charge is 2.27. The molecule has 1 fully saturated rings. The number of benzene rings is 1. The summed E-state index contributed by atoms with van der Waals surface area (Å²) in [5.74, 6) is 0.775. The van der Waals surface area contributed by atoms with Gasteiger partial charge in [0.2, 0.25) is 0 Å². The molecule has 1 aliphatic rings. The van der Waals surface area contributed by atoms with Crippen LogP contribution in [0.2, 0.25) is 0 Å². The second-order valence-corrected chi connectivity index (χ2v) is 6.68. The second kappa shape index (κ2) is 7.22. The quantitative estimate of drug-likeness (QED) is 0.707. The summed E-state index contributed by atoms with van der Waals surface area (Å²) in [6, 6.07) is 9.83.